The van der Waals surface area contributed by atoms with Crippen LogP contribution in [0.2, 0.25) is 0 Å². The molecule has 1 aromatic rings. The Hall–Kier alpha value is -1.18. The van der Waals surface area contributed by atoms with Crippen molar-refractivity contribution in [3.63, 3.8) is 0 Å². The van der Waals surface area contributed by atoms with Crippen LogP contribution in [0.5, 0.6) is 0 Å². The van der Waals surface area contributed by atoms with Crippen LogP contribution < -0.4 is 5.32 Å². The smallest absolute Gasteiger partial charge is 0.344 e. The van der Waals surface area contributed by atoms with Crippen LogP contribution in [0, 0.1) is 6.92 Å². The summed E-state index contributed by atoms with van der Waals surface area (Å²) in [5.74, 6) is -6.65. The number of amides is 1. The zero-order chi connectivity index (χ0) is 12.3. The van der Waals surface area contributed by atoms with Crippen LogP contribution in [0.4, 0.5) is 17.6 Å². The Morgan fingerprint density at radius 2 is 2.25 bits per heavy atom. The Labute approximate surface area is 92.5 Å². The van der Waals surface area contributed by atoms with E-state index in [1.807, 2.05) is 0 Å². The van der Waals surface area contributed by atoms with Crippen LogP contribution in [0.1, 0.15) is 9.88 Å². The summed E-state index contributed by atoms with van der Waals surface area (Å²) in [6.07, 6.45) is -2.51. The van der Waals surface area contributed by atoms with E-state index in [9.17, 15) is 22.4 Å². The Morgan fingerprint density at radius 1 is 1.62 bits per heavy atom. The quantitative estimate of drug-likeness (QED) is 0.837. The molecule has 90 valence electrons. The van der Waals surface area contributed by atoms with E-state index in [0.717, 1.165) is 4.88 Å². The number of alkyl halides is 4. The van der Waals surface area contributed by atoms with Gasteiger partial charge in [0.2, 0.25) is 0 Å². The third-order valence-electron chi connectivity index (χ3n) is 1.65. The van der Waals surface area contributed by atoms with E-state index in [4.69, 9.17) is 0 Å². The first-order valence-electron chi connectivity index (χ1n) is 4.19. The molecule has 1 N–H and O–H groups in total. The fraction of sp³-hybridized carbons (Fsp3) is 0.500. The molecule has 0 saturated heterocycles. The molecule has 1 heterocycles. The predicted molar refractivity (Wildman–Crippen MR) is 49.6 cm³/mol. The summed E-state index contributed by atoms with van der Waals surface area (Å²) < 4.78 is 48.5. The highest BCUT2D eigenvalue weighted by molar-refractivity contribution is 7.11. The molecule has 0 atom stereocenters. The van der Waals surface area contributed by atoms with E-state index in [-0.39, 0.29) is 6.54 Å². The third kappa shape index (κ3) is 2.91. The van der Waals surface area contributed by atoms with Gasteiger partial charge >= 0.3 is 12.3 Å². The second-order valence-electron chi connectivity index (χ2n) is 2.97. The van der Waals surface area contributed by atoms with Crippen molar-refractivity contribution < 1.29 is 22.4 Å². The molecule has 0 bridgehead atoms. The van der Waals surface area contributed by atoms with Crippen LogP contribution in [0.3, 0.4) is 0 Å². The summed E-state index contributed by atoms with van der Waals surface area (Å²) in [5.41, 5.74) is 0. The van der Waals surface area contributed by atoms with Crippen molar-refractivity contribution >= 4 is 17.2 Å². The first kappa shape index (κ1) is 12.9. The SMILES string of the molecule is Cc1cnc(CNC(=O)C(F)(F)C(F)F)s1. The van der Waals surface area contributed by atoms with Crippen molar-refractivity contribution in [1.29, 1.82) is 0 Å². The number of aryl methyl sites for hydroxylation is 1. The van der Waals surface area contributed by atoms with Crippen LogP contribution in [-0.2, 0) is 11.3 Å². The van der Waals surface area contributed by atoms with Gasteiger partial charge in [0.1, 0.15) is 5.01 Å². The Kier molecular flexibility index (Phi) is 3.84. The number of rotatable bonds is 4. The Bertz CT molecular complexity index is 380. The Balaban J connectivity index is 2.53. The summed E-state index contributed by atoms with van der Waals surface area (Å²) in [4.78, 5) is 15.3. The van der Waals surface area contributed by atoms with Gasteiger partial charge in [-0.05, 0) is 6.92 Å². The number of hydrogen-bond acceptors (Lipinski definition) is 3. The molecule has 3 nitrogen and oxygen atoms in total. The summed E-state index contributed by atoms with van der Waals surface area (Å²) in [7, 11) is 0. The molecule has 0 unspecified atom stereocenters. The fourth-order valence-corrected chi connectivity index (χ4v) is 1.58. The minimum absolute atomic E-state index is 0.278. The van der Waals surface area contributed by atoms with Gasteiger partial charge in [-0.2, -0.15) is 8.78 Å². The maximum Gasteiger partial charge on any atom is 0.383 e. The number of carbonyl (C=O) groups is 1. The maximum absolute atomic E-state index is 12.5. The molecule has 0 spiro atoms. The minimum Gasteiger partial charge on any atom is -0.344 e. The lowest BCUT2D eigenvalue weighted by atomic mass is 10.3. The van der Waals surface area contributed by atoms with E-state index < -0.39 is 18.3 Å². The van der Waals surface area contributed by atoms with Crippen LogP contribution >= 0.6 is 11.3 Å². The first-order chi connectivity index (χ1) is 7.34. The zero-order valence-electron chi connectivity index (χ0n) is 8.14. The number of thiazole rings is 1. The van der Waals surface area contributed by atoms with E-state index in [1.54, 1.807) is 12.2 Å². The Morgan fingerprint density at radius 3 is 2.69 bits per heavy atom. The average Bonchev–Trinajstić information content (AvgIpc) is 2.60. The highest BCUT2D eigenvalue weighted by atomic mass is 32.1. The fourth-order valence-electron chi connectivity index (χ4n) is 0.856. The van der Waals surface area contributed by atoms with Gasteiger partial charge in [-0.25, -0.2) is 13.8 Å². The van der Waals surface area contributed by atoms with Crippen LogP contribution in [-0.4, -0.2) is 23.2 Å². The van der Waals surface area contributed by atoms with Crippen molar-refractivity contribution in [3.8, 4) is 0 Å². The largest absolute Gasteiger partial charge is 0.383 e. The molecule has 0 radical (unpaired) electrons. The predicted octanol–water partition coefficient (Wildman–Crippen LogP) is 1.97. The van der Waals surface area contributed by atoms with Gasteiger partial charge < -0.3 is 5.32 Å². The van der Waals surface area contributed by atoms with Gasteiger partial charge in [-0.1, -0.05) is 0 Å². The highest BCUT2D eigenvalue weighted by Crippen LogP contribution is 2.23. The topological polar surface area (TPSA) is 42.0 Å². The van der Waals surface area contributed by atoms with Crippen LogP contribution in [0.25, 0.3) is 0 Å². The molecule has 0 aliphatic heterocycles. The van der Waals surface area contributed by atoms with Crippen molar-refractivity contribution in [2.24, 2.45) is 0 Å². The van der Waals surface area contributed by atoms with E-state index >= 15 is 0 Å². The van der Waals surface area contributed by atoms with Crippen molar-refractivity contribution in [2.75, 3.05) is 0 Å². The van der Waals surface area contributed by atoms with Gasteiger partial charge in [-0.15, -0.1) is 11.3 Å². The van der Waals surface area contributed by atoms with Gasteiger partial charge in [0.15, 0.2) is 0 Å². The third-order valence-corrected chi connectivity index (χ3v) is 2.56. The number of halogens is 4. The van der Waals surface area contributed by atoms with Crippen molar-refractivity contribution in [3.05, 3.63) is 16.1 Å². The zero-order valence-corrected chi connectivity index (χ0v) is 8.95. The number of aromatic nitrogens is 1. The van der Waals surface area contributed by atoms with E-state index in [0.29, 0.717) is 5.01 Å². The number of nitrogens with zero attached hydrogens (tertiary/aromatic N) is 1. The number of carbonyl (C=O) groups excluding carboxylic acids is 1. The highest BCUT2D eigenvalue weighted by Gasteiger charge is 2.48. The van der Waals surface area contributed by atoms with Crippen molar-refractivity contribution in [2.45, 2.75) is 25.8 Å². The molecular weight excluding hydrogens is 248 g/mol. The second-order valence-corrected chi connectivity index (χ2v) is 4.29. The number of hydrogen-bond donors (Lipinski definition) is 1. The molecule has 8 heteroatoms. The molecule has 0 aliphatic rings. The lowest BCUT2D eigenvalue weighted by Crippen LogP contribution is -2.44. The molecule has 1 aromatic heterocycles. The van der Waals surface area contributed by atoms with Gasteiger partial charge in [-0.3, -0.25) is 4.79 Å². The second kappa shape index (κ2) is 4.77. The molecule has 16 heavy (non-hydrogen) atoms. The first-order valence-corrected chi connectivity index (χ1v) is 5.01. The normalized spacial score (nSPS) is 11.9. The lowest BCUT2D eigenvalue weighted by molar-refractivity contribution is -0.169. The molecular formula is C8H8F4N2OS. The summed E-state index contributed by atoms with van der Waals surface area (Å²) in [5, 5.41) is 2.10. The molecule has 0 saturated carbocycles. The molecule has 0 fully saturated rings. The van der Waals surface area contributed by atoms with Gasteiger partial charge in [0.05, 0.1) is 6.54 Å². The standard InChI is InChI=1S/C8H8F4N2OS/c1-4-2-13-5(16-4)3-14-7(15)8(11,12)6(9)10/h2,6H,3H2,1H3,(H,14,15). The molecule has 0 aliphatic carbocycles. The summed E-state index contributed by atoms with van der Waals surface area (Å²) in [6, 6.07) is 0. The van der Waals surface area contributed by atoms with Crippen molar-refractivity contribution in [1.82, 2.24) is 10.3 Å². The van der Waals surface area contributed by atoms with Gasteiger partial charge in [0, 0.05) is 11.1 Å². The summed E-state index contributed by atoms with van der Waals surface area (Å²) in [6.45, 7) is 1.47. The van der Waals surface area contributed by atoms with Gasteiger partial charge in [0.25, 0.3) is 5.91 Å². The maximum atomic E-state index is 12.5. The number of nitrogens with one attached hydrogen (secondary N) is 1. The molecule has 1 amide bonds. The molecule has 1 rings (SSSR count). The summed E-state index contributed by atoms with van der Waals surface area (Å²) >= 11 is 1.19. The van der Waals surface area contributed by atoms with E-state index in [1.165, 1.54) is 17.5 Å². The lowest BCUT2D eigenvalue weighted by Gasteiger charge is -2.13. The molecule has 0 aromatic carbocycles. The monoisotopic (exact) mass is 256 g/mol. The minimum atomic E-state index is -4.66. The van der Waals surface area contributed by atoms with Crippen LogP contribution in [0.15, 0.2) is 6.20 Å². The average molecular weight is 256 g/mol. The van der Waals surface area contributed by atoms with E-state index in [2.05, 4.69) is 4.98 Å².